The number of carbonyl (C=O) groups is 1. The molecule has 9 heteroatoms. The van der Waals surface area contributed by atoms with Crippen LogP contribution in [0.25, 0.3) is 0 Å². The van der Waals surface area contributed by atoms with Crippen LogP contribution in [0.3, 0.4) is 0 Å². The molecule has 0 aromatic heterocycles. The van der Waals surface area contributed by atoms with E-state index in [1.54, 1.807) is 0 Å². The Morgan fingerprint density at radius 1 is 1.20 bits per heavy atom. The van der Waals surface area contributed by atoms with Gasteiger partial charge in [-0.05, 0) is 30.3 Å². The Labute approximate surface area is 151 Å². The Kier molecular flexibility index (Phi) is 6.52. The Hall–Kier alpha value is -1.96. The van der Waals surface area contributed by atoms with Crippen molar-refractivity contribution in [1.29, 1.82) is 0 Å². The lowest BCUT2D eigenvalue weighted by atomic mass is 10.1. The summed E-state index contributed by atoms with van der Waals surface area (Å²) in [5.41, 5.74) is -0.222. The fraction of sp³-hybridized carbons (Fsp3) is 0.188. The molecule has 2 aromatic carbocycles. The molecule has 0 bridgehead atoms. The highest BCUT2D eigenvalue weighted by atomic mass is 35.5. The van der Waals surface area contributed by atoms with Gasteiger partial charge in [-0.2, -0.15) is 8.78 Å². The Morgan fingerprint density at radius 2 is 1.84 bits per heavy atom. The van der Waals surface area contributed by atoms with Crippen molar-refractivity contribution in [2.24, 2.45) is 0 Å². The fourth-order valence-corrected chi connectivity index (χ4v) is 2.82. The fourth-order valence-electron chi connectivity index (χ4n) is 2.17. The average molecular weight is 393 g/mol. The summed E-state index contributed by atoms with van der Waals surface area (Å²) in [6.07, 6.45) is 0. The van der Waals surface area contributed by atoms with Crippen LogP contribution < -0.4 is 10.2 Å². The van der Waals surface area contributed by atoms with E-state index in [4.69, 9.17) is 28.3 Å². The molecule has 0 saturated heterocycles. The predicted octanol–water partition coefficient (Wildman–Crippen LogP) is 4.22. The van der Waals surface area contributed by atoms with Crippen LogP contribution in [0.4, 0.5) is 24.5 Å². The Bertz CT molecular complexity index is 752. The summed E-state index contributed by atoms with van der Waals surface area (Å²) in [5.74, 6) is -1.30. The molecule has 0 aliphatic heterocycles. The van der Waals surface area contributed by atoms with Crippen LogP contribution in [0.2, 0.25) is 10.0 Å². The second kappa shape index (κ2) is 8.42. The number of aliphatic hydroxyl groups excluding tert-OH is 1. The molecular formula is C16H13Cl2F3N2O2. The van der Waals surface area contributed by atoms with Gasteiger partial charge in [0.05, 0.1) is 22.3 Å². The van der Waals surface area contributed by atoms with E-state index >= 15 is 0 Å². The number of halogens is 5. The molecule has 0 fully saturated rings. The molecule has 134 valence electrons. The normalized spacial score (nSPS) is 10.8. The van der Waals surface area contributed by atoms with Gasteiger partial charge in [0.1, 0.15) is 5.82 Å². The van der Waals surface area contributed by atoms with Crippen molar-refractivity contribution < 1.29 is 23.1 Å². The zero-order valence-corrected chi connectivity index (χ0v) is 14.2. The molecule has 1 amide bonds. The largest absolute Gasteiger partial charge is 0.395 e. The van der Waals surface area contributed by atoms with E-state index in [1.165, 1.54) is 24.3 Å². The zero-order valence-electron chi connectivity index (χ0n) is 12.6. The van der Waals surface area contributed by atoms with Gasteiger partial charge in [-0.15, -0.1) is 0 Å². The van der Waals surface area contributed by atoms with Crippen molar-refractivity contribution in [3.63, 3.8) is 0 Å². The van der Waals surface area contributed by atoms with Crippen molar-refractivity contribution in [3.05, 3.63) is 57.8 Å². The second-order valence-corrected chi connectivity index (χ2v) is 5.71. The smallest absolute Gasteiger partial charge is 0.319 e. The summed E-state index contributed by atoms with van der Waals surface area (Å²) in [7, 11) is 0. The van der Waals surface area contributed by atoms with Gasteiger partial charge in [0.2, 0.25) is 0 Å². The lowest BCUT2D eigenvalue weighted by Gasteiger charge is -2.26. The van der Waals surface area contributed by atoms with Crippen LogP contribution >= 0.6 is 23.2 Å². The van der Waals surface area contributed by atoms with Gasteiger partial charge in [0, 0.05) is 17.8 Å². The zero-order chi connectivity index (χ0) is 18.6. The van der Waals surface area contributed by atoms with Gasteiger partial charge in [-0.3, -0.25) is 9.69 Å². The minimum atomic E-state index is -3.05. The highest BCUT2D eigenvalue weighted by molar-refractivity contribution is 6.39. The van der Waals surface area contributed by atoms with Crippen molar-refractivity contribution in [2.75, 3.05) is 18.1 Å². The van der Waals surface area contributed by atoms with E-state index in [2.05, 4.69) is 5.32 Å². The second-order valence-electron chi connectivity index (χ2n) is 4.90. The number of alkyl halides is 2. The quantitative estimate of drug-likeness (QED) is 0.723. The first-order valence-electron chi connectivity index (χ1n) is 7.06. The molecule has 0 aliphatic carbocycles. The van der Waals surface area contributed by atoms with Crippen molar-refractivity contribution in [3.8, 4) is 0 Å². The van der Waals surface area contributed by atoms with E-state index in [1.807, 2.05) is 0 Å². The number of hydrogen-bond acceptors (Lipinski definition) is 3. The molecule has 0 unspecified atom stereocenters. The van der Waals surface area contributed by atoms with Gasteiger partial charge in [0.25, 0.3) is 5.91 Å². The first-order chi connectivity index (χ1) is 11.8. The lowest BCUT2D eigenvalue weighted by Crippen LogP contribution is -2.27. The standard InChI is InChI=1S/C16H13Cl2F3N2O2/c17-12-7-10(19)8-13(18)14(12)23(16(20)21)11-3-1-2-9(6-11)15(25)22-4-5-24/h1-3,6-8,16,24H,4-5H2,(H,22,25). The molecule has 0 atom stereocenters. The number of rotatable bonds is 6. The average Bonchev–Trinajstić information content (AvgIpc) is 2.55. The van der Waals surface area contributed by atoms with Crippen LogP contribution in [-0.4, -0.2) is 30.7 Å². The van der Waals surface area contributed by atoms with E-state index in [9.17, 15) is 18.0 Å². The third kappa shape index (κ3) is 4.56. The van der Waals surface area contributed by atoms with Gasteiger partial charge in [0.15, 0.2) is 0 Å². The van der Waals surface area contributed by atoms with Crippen LogP contribution in [0.15, 0.2) is 36.4 Å². The third-order valence-corrected chi connectivity index (χ3v) is 3.78. The first-order valence-corrected chi connectivity index (χ1v) is 7.81. The maximum Gasteiger partial charge on any atom is 0.319 e. The third-order valence-electron chi connectivity index (χ3n) is 3.20. The molecule has 0 aliphatic rings. The van der Waals surface area contributed by atoms with Crippen LogP contribution in [0, 0.1) is 5.82 Å². The number of amides is 1. The predicted molar refractivity (Wildman–Crippen MR) is 90.4 cm³/mol. The Morgan fingerprint density at radius 3 is 2.40 bits per heavy atom. The molecule has 2 N–H and O–H groups in total. The van der Waals surface area contributed by atoms with E-state index in [-0.39, 0.29) is 40.1 Å². The molecule has 0 heterocycles. The summed E-state index contributed by atoms with van der Waals surface area (Å²) in [5, 5.41) is 10.6. The van der Waals surface area contributed by atoms with Crippen LogP contribution in [0.5, 0.6) is 0 Å². The Balaban J connectivity index is 2.47. The van der Waals surface area contributed by atoms with Gasteiger partial charge in [-0.25, -0.2) is 4.39 Å². The van der Waals surface area contributed by atoms with Crippen molar-refractivity contribution in [2.45, 2.75) is 6.55 Å². The number of benzene rings is 2. The summed E-state index contributed by atoms with van der Waals surface area (Å²) in [6, 6.07) is 7.13. The monoisotopic (exact) mass is 392 g/mol. The minimum Gasteiger partial charge on any atom is -0.395 e. The molecule has 0 saturated carbocycles. The van der Waals surface area contributed by atoms with Crippen molar-refractivity contribution >= 4 is 40.5 Å². The molecule has 0 spiro atoms. The van der Waals surface area contributed by atoms with E-state index in [0.29, 0.717) is 4.90 Å². The van der Waals surface area contributed by atoms with E-state index in [0.717, 1.165) is 12.1 Å². The summed E-state index contributed by atoms with van der Waals surface area (Å²) in [6.45, 7) is -3.27. The highest BCUT2D eigenvalue weighted by Crippen LogP contribution is 2.40. The first kappa shape index (κ1) is 19.4. The number of carbonyl (C=O) groups excluding carboxylic acids is 1. The lowest BCUT2D eigenvalue weighted by molar-refractivity contribution is 0.0944. The number of hydrogen-bond donors (Lipinski definition) is 2. The van der Waals surface area contributed by atoms with Crippen molar-refractivity contribution in [1.82, 2.24) is 5.32 Å². The molecule has 25 heavy (non-hydrogen) atoms. The molecule has 0 radical (unpaired) electrons. The number of nitrogens with zero attached hydrogens (tertiary/aromatic N) is 1. The molecular weight excluding hydrogens is 380 g/mol. The topological polar surface area (TPSA) is 52.6 Å². The molecule has 2 rings (SSSR count). The number of nitrogens with one attached hydrogen (secondary N) is 1. The maximum atomic E-state index is 13.6. The summed E-state index contributed by atoms with van der Waals surface area (Å²) >= 11 is 11.8. The SMILES string of the molecule is O=C(NCCO)c1cccc(N(c2c(Cl)cc(F)cc2Cl)C(F)F)c1. The summed E-state index contributed by atoms with van der Waals surface area (Å²) < 4.78 is 40.6. The molecule has 2 aromatic rings. The van der Waals surface area contributed by atoms with Gasteiger partial charge in [-0.1, -0.05) is 29.3 Å². The van der Waals surface area contributed by atoms with Crippen LogP contribution in [-0.2, 0) is 0 Å². The van der Waals surface area contributed by atoms with E-state index < -0.39 is 18.3 Å². The van der Waals surface area contributed by atoms with Gasteiger partial charge >= 0.3 is 6.55 Å². The summed E-state index contributed by atoms with van der Waals surface area (Å²) in [4.78, 5) is 12.4. The van der Waals surface area contributed by atoms with Crippen LogP contribution in [0.1, 0.15) is 10.4 Å². The maximum absolute atomic E-state index is 13.6. The number of anilines is 2. The van der Waals surface area contributed by atoms with Gasteiger partial charge < -0.3 is 10.4 Å². The minimum absolute atomic E-state index is 0.0250. The number of aliphatic hydroxyl groups is 1. The highest BCUT2D eigenvalue weighted by Gasteiger charge is 2.25. The molecule has 4 nitrogen and oxygen atoms in total.